The predicted molar refractivity (Wildman–Crippen MR) is 116 cm³/mol. The van der Waals surface area contributed by atoms with E-state index in [0.29, 0.717) is 0 Å². The number of fused-ring (bicyclic) bond motifs is 6. The Hall–Kier alpha value is -3.58. The van der Waals surface area contributed by atoms with Crippen molar-refractivity contribution in [1.82, 2.24) is 4.57 Å². The zero-order valence-corrected chi connectivity index (χ0v) is 14.8. The third-order valence-corrected chi connectivity index (χ3v) is 5.57. The highest BCUT2D eigenvalue weighted by atomic mass is 15.0. The third-order valence-electron chi connectivity index (χ3n) is 5.57. The van der Waals surface area contributed by atoms with Gasteiger partial charge in [-0.1, -0.05) is 78.9 Å². The molecule has 126 valence electrons. The van der Waals surface area contributed by atoms with Crippen LogP contribution in [0, 0.1) is 0 Å². The van der Waals surface area contributed by atoms with Crippen molar-refractivity contribution in [1.29, 1.82) is 0 Å². The largest absolute Gasteiger partial charge is 0.309 e. The summed E-state index contributed by atoms with van der Waals surface area (Å²) in [7, 11) is 0. The minimum Gasteiger partial charge on any atom is -0.309 e. The van der Waals surface area contributed by atoms with E-state index in [2.05, 4.69) is 108 Å². The number of benzene rings is 5. The van der Waals surface area contributed by atoms with Gasteiger partial charge >= 0.3 is 0 Å². The molecule has 0 saturated carbocycles. The van der Waals surface area contributed by atoms with Gasteiger partial charge < -0.3 is 4.57 Å². The fraction of sp³-hybridized carbons (Fsp3) is 0. The van der Waals surface area contributed by atoms with Crippen LogP contribution in [0.3, 0.4) is 0 Å². The molecule has 0 spiro atoms. The van der Waals surface area contributed by atoms with Gasteiger partial charge in [0.05, 0.1) is 11.0 Å². The molecule has 0 amide bonds. The SMILES string of the molecule is c1ccc2c(c1)ccc1ccc(-n3c4ccccc4c4ccccc43)cc12. The summed E-state index contributed by atoms with van der Waals surface area (Å²) in [5.41, 5.74) is 3.70. The highest BCUT2D eigenvalue weighted by molar-refractivity contribution is 6.11. The van der Waals surface area contributed by atoms with Crippen molar-refractivity contribution in [2.24, 2.45) is 0 Å². The molecule has 1 heterocycles. The molecule has 0 aliphatic heterocycles. The minimum atomic E-state index is 1.20. The van der Waals surface area contributed by atoms with E-state index in [0.717, 1.165) is 0 Å². The first-order chi connectivity index (χ1) is 13.4. The van der Waals surface area contributed by atoms with E-state index in [-0.39, 0.29) is 0 Å². The molecular formula is C26H17N. The van der Waals surface area contributed by atoms with Crippen molar-refractivity contribution in [3.63, 3.8) is 0 Å². The van der Waals surface area contributed by atoms with Crippen molar-refractivity contribution in [3.05, 3.63) is 103 Å². The summed E-state index contributed by atoms with van der Waals surface area (Å²) in [5.74, 6) is 0. The molecule has 0 unspecified atom stereocenters. The first-order valence-corrected chi connectivity index (χ1v) is 9.30. The first-order valence-electron chi connectivity index (χ1n) is 9.30. The monoisotopic (exact) mass is 343 g/mol. The van der Waals surface area contributed by atoms with Gasteiger partial charge in [0, 0.05) is 16.5 Å². The Morgan fingerprint density at radius 1 is 0.407 bits per heavy atom. The molecular weight excluding hydrogens is 326 g/mol. The van der Waals surface area contributed by atoms with Gasteiger partial charge in [-0.25, -0.2) is 0 Å². The van der Waals surface area contributed by atoms with Crippen molar-refractivity contribution in [2.45, 2.75) is 0 Å². The molecule has 0 fully saturated rings. The molecule has 0 aliphatic rings. The number of aromatic nitrogens is 1. The molecule has 0 N–H and O–H groups in total. The standard InChI is InChI=1S/C26H17N/c1-2-8-21-18(7-1)13-14-19-15-16-20(17-24(19)21)27-25-11-5-3-9-22(25)23-10-4-6-12-26(23)27/h1-17H. The lowest BCUT2D eigenvalue weighted by molar-refractivity contribution is 1.19. The first kappa shape index (κ1) is 14.6. The van der Waals surface area contributed by atoms with Crippen LogP contribution in [0.2, 0.25) is 0 Å². The van der Waals surface area contributed by atoms with Crippen LogP contribution in [-0.4, -0.2) is 4.57 Å². The number of hydrogen-bond donors (Lipinski definition) is 0. The van der Waals surface area contributed by atoms with Crippen LogP contribution in [0.1, 0.15) is 0 Å². The van der Waals surface area contributed by atoms with Gasteiger partial charge in [0.15, 0.2) is 0 Å². The second-order valence-electron chi connectivity index (χ2n) is 7.06. The average molecular weight is 343 g/mol. The lowest BCUT2D eigenvalue weighted by atomic mass is 10.0. The van der Waals surface area contributed by atoms with E-state index >= 15 is 0 Å². The molecule has 0 atom stereocenters. The van der Waals surface area contributed by atoms with Crippen molar-refractivity contribution in [3.8, 4) is 5.69 Å². The van der Waals surface area contributed by atoms with Gasteiger partial charge in [-0.2, -0.15) is 0 Å². The molecule has 1 heteroatoms. The maximum Gasteiger partial charge on any atom is 0.0541 e. The van der Waals surface area contributed by atoms with E-state index in [4.69, 9.17) is 0 Å². The van der Waals surface area contributed by atoms with Crippen LogP contribution < -0.4 is 0 Å². The minimum absolute atomic E-state index is 1.20. The molecule has 0 radical (unpaired) electrons. The van der Waals surface area contributed by atoms with Crippen LogP contribution in [-0.2, 0) is 0 Å². The Balaban J connectivity index is 1.76. The molecule has 1 nitrogen and oxygen atoms in total. The van der Waals surface area contributed by atoms with Gasteiger partial charge in [-0.05, 0) is 45.8 Å². The highest BCUT2D eigenvalue weighted by Crippen LogP contribution is 2.34. The van der Waals surface area contributed by atoms with Crippen molar-refractivity contribution >= 4 is 43.4 Å². The maximum absolute atomic E-state index is 2.38. The molecule has 1 aromatic heterocycles. The molecule has 0 bridgehead atoms. The lowest BCUT2D eigenvalue weighted by Crippen LogP contribution is -1.93. The normalized spacial score (nSPS) is 11.7. The van der Waals surface area contributed by atoms with Gasteiger partial charge in [-0.3, -0.25) is 0 Å². The average Bonchev–Trinajstić information content (AvgIpc) is 3.08. The van der Waals surface area contributed by atoms with Gasteiger partial charge in [0.1, 0.15) is 0 Å². The summed E-state index contributed by atoms with van der Waals surface area (Å²) >= 11 is 0. The van der Waals surface area contributed by atoms with E-state index in [1.165, 1.54) is 49.0 Å². The molecule has 6 rings (SSSR count). The summed E-state index contributed by atoms with van der Waals surface area (Å²) < 4.78 is 2.38. The van der Waals surface area contributed by atoms with Gasteiger partial charge in [-0.15, -0.1) is 0 Å². The Kier molecular flexibility index (Phi) is 2.95. The fourth-order valence-electron chi connectivity index (χ4n) is 4.33. The van der Waals surface area contributed by atoms with E-state index < -0.39 is 0 Å². The van der Waals surface area contributed by atoms with E-state index in [1.54, 1.807) is 0 Å². The topological polar surface area (TPSA) is 4.93 Å². The lowest BCUT2D eigenvalue weighted by Gasteiger charge is -2.11. The zero-order chi connectivity index (χ0) is 17.8. The predicted octanol–water partition coefficient (Wildman–Crippen LogP) is 7.09. The Morgan fingerprint density at radius 2 is 0.926 bits per heavy atom. The van der Waals surface area contributed by atoms with Crippen LogP contribution >= 0.6 is 0 Å². The smallest absolute Gasteiger partial charge is 0.0541 e. The quantitative estimate of drug-likeness (QED) is 0.281. The van der Waals surface area contributed by atoms with Crippen LogP contribution in [0.25, 0.3) is 49.0 Å². The van der Waals surface area contributed by atoms with Crippen LogP contribution in [0.5, 0.6) is 0 Å². The van der Waals surface area contributed by atoms with E-state index in [1.807, 2.05) is 0 Å². The van der Waals surface area contributed by atoms with Crippen LogP contribution in [0.15, 0.2) is 103 Å². The summed E-state index contributed by atoms with van der Waals surface area (Å²) in [5, 5.41) is 7.75. The summed E-state index contributed by atoms with van der Waals surface area (Å²) in [4.78, 5) is 0. The molecule has 5 aromatic carbocycles. The Labute approximate surface area is 157 Å². The van der Waals surface area contributed by atoms with E-state index in [9.17, 15) is 0 Å². The second kappa shape index (κ2) is 5.46. The summed E-state index contributed by atoms with van der Waals surface area (Å²) in [6.45, 7) is 0. The third kappa shape index (κ3) is 2.06. The fourth-order valence-corrected chi connectivity index (χ4v) is 4.33. The van der Waals surface area contributed by atoms with Gasteiger partial charge in [0.25, 0.3) is 0 Å². The maximum atomic E-state index is 2.38. The number of nitrogens with zero attached hydrogens (tertiary/aromatic N) is 1. The molecule has 6 aromatic rings. The zero-order valence-electron chi connectivity index (χ0n) is 14.8. The number of para-hydroxylation sites is 2. The summed E-state index contributed by atoms with van der Waals surface area (Å²) in [6, 6.07) is 37.2. The Bertz CT molecular complexity index is 1420. The highest BCUT2D eigenvalue weighted by Gasteiger charge is 2.12. The molecule has 0 aliphatic carbocycles. The van der Waals surface area contributed by atoms with Crippen molar-refractivity contribution in [2.75, 3.05) is 0 Å². The van der Waals surface area contributed by atoms with Gasteiger partial charge in [0.2, 0.25) is 0 Å². The number of hydrogen-bond acceptors (Lipinski definition) is 0. The van der Waals surface area contributed by atoms with Crippen LogP contribution in [0.4, 0.5) is 0 Å². The molecule has 0 saturated heterocycles. The molecule has 27 heavy (non-hydrogen) atoms. The Morgan fingerprint density at radius 3 is 1.63 bits per heavy atom. The second-order valence-corrected chi connectivity index (χ2v) is 7.06. The van der Waals surface area contributed by atoms with Crippen molar-refractivity contribution < 1.29 is 0 Å². The number of rotatable bonds is 1. The summed E-state index contributed by atoms with van der Waals surface area (Å²) in [6.07, 6.45) is 0.